The van der Waals surface area contributed by atoms with Crippen molar-refractivity contribution in [3.63, 3.8) is 0 Å². The number of rotatable bonds is 1. The molecule has 0 atom stereocenters. The summed E-state index contributed by atoms with van der Waals surface area (Å²) < 4.78 is 19.1. The highest BCUT2D eigenvalue weighted by Crippen LogP contribution is 2.37. The summed E-state index contributed by atoms with van der Waals surface area (Å²) in [6.45, 7) is 13.5. The first-order valence-corrected chi connectivity index (χ1v) is 9.09. The SMILES string of the molecule is CC(C)(C)OC(=O)n1ccc2c(Cl)c(B3OC(C)(C)C(C)(C)O3)ccc21. The Kier molecular flexibility index (Phi) is 4.45. The molecule has 2 heterocycles. The van der Waals surface area contributed by atoms with Crippen molar-refractivity contribution < 1.29 is 18.8 Å². The number of carbonyl (C=O) groups is 1. The quantitative estimate of drug-likeness (QED) is 0.692. The number of ether oxygens (including phenoxy) is 1. The fourth-order valence-electron chi connectivity index (χ4n) is 2.82. The monoisotopic (exact) mass is 377 g/mol. The lowest BCUT2D eigenvalue weighted by Gasteiger charge is -2.32. The molecule has 0 bridgehead atoms. The number of benzene rings is 1. The smallest absolute Gasteiger partial charge is 0.443 e. The summed E-state index contributed by atoms with van der Waals surface area (Å²) in [6.07, 6.45) is 1.23. The molecule has 5 nitrogen and oxygen atoms in total. The van der Waals surface area contributed by atoms with Crippen LogP contribution in [0.1, 0.15) is 48.5 Å². The summed E-state index contributed by atoms with van der Waals surface area (Å²) in [5.74, 6) is 0. The van der Waals surface area contributed by atoms with Crippen molar-refractivity contribution in [2.75, 3.05) is 0 Å². The zero-order valence-corrected chi connectivity index (χ0v) is 17.1. The van der Waals surface area contributed by atoms with Gasteiger partial charge in [-0.1, -0.05) is 17.7 Å². The van der Waals surface area contributed by atoms with E-state index in [0.717, 1.165) is 10.8 Å². The first-order chi connectivity index (χ1) is 11.8. The number of fused-ring (bicyclic) bond motifs is 1. The third-order valence-corrected chi connectivity index (χ3v) is 5.36. The highest BCUT2D eigenvalue weighted by atomic mass is 35.5. The third kappa shape index (κ3) is 3.26. The molecular weight excluding hydrogens is 352 g/mol. The van der Waals surface area contributed by atoms with E-state index < -0.39 is 30.0 Å². The van der Waals surface area contributed by atoms with Gasteiger partial charge in [0.1, 0.15) is 5.60 Å². The van der Waals surface area contributed by atoms with Crippen molar-refractivity contribution in [2.24, 2.45) is 0 Å². The van der Waals surface area contributed by atoms with Crippen LogP contribution in [-0.4, -0.2) is 34.6 Å². The Hall–Kier alpha value is -1.50. The van der Waals surface area contributed by atoms with Gasteiger partial charge in [-0.15, -0.1) is 0 Å². The Labute approximate surface area is 159 Å². The summed E-state index contributed by atoms with van der Waals surface area (Å²) in [6, 6.07) is 5.48. The Morgan fingerprint density at radius 3 is 2.23 bits per heavy atom. The van der Waals surface area contributed by atoms with E-state index in [1.807, 2.05) is 60.6 Å². The second-order valence-electron chi connectivity index (χ2n) is 8.66. The van der Waals surface area contributed by atoms with Crippen molar-refractivity contribution >= 4 is 41.2 Å². The topological polar surface area (TPSA) is 49.7 Å². The second-order valence-corrected chi connectivity index (χ2v) is 9.03. The molecule has 1 saturated heterocycles. The number of hydrogen-bond donors (Lipinski definition) is 0. The fraction of sp³-hybridized carbons (Fsp3) is 0.526. The minimum absolute atomic E-state index is 0.438. The van der Waals surface area contributed by atoms with Crippen LogP contribution in [0.5, 0.6) is 0 Å². The van der Waals surface area contributed by atoms with Crippen molar-refractivity contribution in [1.29, 1.82) is 0 Å². The van der Waals surface area contributed by atoms with Gasteiger partial charge in [-0.2, -0.15) is 0 Å². The molecule has 3 rings (SSSR count). The average Bonchev–Trinajstić information content (AvgIpc) is 2.97. The van der Waals surface area contributed by atoms with Gasteiger partial charge >= 0.3 is 13.2 Å². The van der Waals surface area contributed by atoms with Crippen molar-refractivity contribution in [2.45, 2.75) is 65.3 Å². The minimum atomic E-state index is -0.569. The fourth-order valence-corrected chi connectivity index (χ4v) is 3.13. The Morgan fingerprint density at radius 1 is 1.12 bits per heavy atom. The van der Waals surface area contributed by atoms with E-state index in [-0.39, 0.29) is 0 Å². The largest absolute Gasteiger partial charge is 0.496 e. The van der Waals surface area contributed by atoms with Crippen LogP contribution in [0.15, 0.2) is 24.4 Å². The molecule has 26 heavy (non-hydrogen) atoms. The number of hydrogen-bond acceptors (Lipinski definition) is 4. The molecule has 0 N–H and O–H groups in total. The lowest BCUT2D eigenvalue weighted by atomic mass is 9.78. The molecule has 0 radical (unpaired) electrons. The number of carbonyl (C=O) groups excluding carboxylic acids is 1. The highest BCUT2D eigenvalue weighted by Gasteiger charge is 2.52. The minimum Gasteiger partial charge on any atom is -0.443 e. The predicted molar refractivity (Wildman–Crippen MR) is 104 cm³/mol. The molecule has 0 aliphatic carbocycles. The molecular formula is C19H25BClNO4. The van der Waals surface area contributed by atoms with E-state index in [1.54, 1.807) is 12.3 Å². The molecule has 0 unspecified atom stereocenters. The third-order valence-electron chi connectivity index (χ3n) is 4.93. The zero-order chi connectivity index (χ0) is 19.5. The summed E-state index contributed by atoms with van der Waals surface area (Å²) in [4.78, 5) is 12.4. The first kappa shape index (κ1) is 19.3. The normalized spacial score (nSPS) is 19.2. The van der Waals surface area contributed by atoms with Crippen LogP contribution in [0.4, 0.5) is 4.79 Å². The van der Waals surface area contributed by atoms with Crippen LogP contribution < -0.4 is 5.46 Å². The summed E-state index contributed by atoms with van der Waals surface area (Å²) in [5, 5.41) is 1.27. The molecule has 0 saturated carbocycles. The van der Waals surface area contributed by atoms with E-state index in [9.17, 15) is 4.79 Å². The van der Waals surface area contributed by atoms with Crippen LogP contribution in [-0.2, 0) is 14.0 Å². The maximum absolute atomic E-state index is 12.4. The van der Waals surface area contributed by atoms with E-state index >= 15 is 0 Å². The highest BCUT2D eigenvalue weighted by molar-refractivity contribution is 6.66. The Bertz CT molecular complexity index is 850. The predicted octanol–water partition coefficient (Wildman–Crippen LogP) is 4.38. The van der Waals surface area contributed by atoms with E-state index in [1.165, 1.54) is 4.57 Å². The molecule has 7 heteroatoms. The Morgan fingerprint density at radius 2 is 1.69 bits per heavy atom. The molecule has 2 aromatic rings. The van der Waals surface area contributed by atoms with E-state index in [2.05, 4.69) is 0 Å². The van der Waals surface area contributed by atoms with Crippen LogP contribution in [0.25, 0.3) is 10.9 Å². The number of halogens is 1. The first-order valence-electron chi connectivity index (χ1n) is 8.71. The molecule has 1 aromatic heterocycles. The zero-order valence-electron chi connectivity index (χ0n) is 16.3. The molecule has 1 aliphatic rings. The lowest BCUT2D eigenvalue weighted by molar-refractivity contribution is 0.00578. The molecule has 1 aromatic carbocycles. The van der Waals surface area contributed by atoms with Gasteiger partial charge in [0.2, 0.25) is 0 Å². The maximum atomic E-state index is 12.4. The van der Waals surface area contributed by atoms with Crippen molar-refractivity contribution in [3.05, 3.63) is 29.4 Å². The van der Waals surface area contributed by atoms with Crippen molar-refractivity contribution in [3.8, 4) is 0 Å². The summed E-state index contributed by atoms with van der Waals surface area (Å²) in [5.41, 5.74) is -0.0269. The van der Waals surface area contributed by atoms with Gasteiger partial charge in [-0.05, 0) is 60.6 Å². The summed E-state index contributed by atoms with van der Waals surface area (Å²) >= 11 is 6.63. The molecule has 0 amide bonds. The molecule has 140 valence electrons. The standard InChI is InChI=1S/C19H25BClNO4/c1-17(2,3)24-16(23)22-11-10-12-14(22)9-8-13(15(12)21)20-25-18(4,5)19(6,7)26-20/h8-11H,1-7H3. The molecule has 1 fully saturated rings. The van der Waals surface area contributed by atoms with Crippen LogP contribution in [0.3, 0.4) is 0 Å². The maximum Gasteiger partial charge on any atom is 0.496 e. The lowest BCUT2D eigenvalue weighted by Crippen LogP contribution is -2.41. The Balaban J connectivity index is 1.98. The van der Waals surface area contributed by atoms with Gasteiger partial charge in [-0.25, -0.2) is 4.79 Å². The molecule has 1 aliphatic heterocycles. The van der Waals surface area contributed by atoms with E-state index in [0.29, 0.717) is 10.5 Å². The van der Waals surface area contributed by atoms with Gasteiger partial charge < -0.3 is 14.0 Å². The van der Waals surface area contributed by atoms with Gasteiger partial charge in [0.05, 0.1) is 16.7 Å². The van der Waals surface area contributed by atoms with Crippen molar-refractivity contribution in [1.82, 2.24) is 4.57 Å². The van der Waals surface area contributed by atoms with Gasteiger partial charge in [0.15, 0.2) is 0 Å². The summed E-state index contributed by atoms with van der Waals surface area (Å²) in [7, 11) is -0.554. The molecule has 0 spiro atoms. The van der Waals surface area contributed by atoms with Crippen LogP contribution in [0, 0.1) is 0 Å². The van der Waals surface area contributed by atoms with Gasteiger partial charge in [-0.3, -0.25) is 4.57 Å². The van der Waals surface area contributed by atoms with Gasteiger partial charge in [0, 0.05) is 22.1 Å². The van der Waals surface area contributed by atoms with Gasteiger partial charge in [0.25, 0.3) is 0 Å². The van der Waals surface area contributed by atoms with Crippen LogP contribution >= 0.6 is 11.6 Å². The average molecular weight is 378 g/mol. The number of nitrogens with zero attached hydrogens (tertiary/aromatic N) is 1. The second kappa shape index (κ2) is 6.01. The van der Waals surface area contributed by atoms with Crippen LogP contribution in [0.2, 0.25) is 5.02 Å². The number of aromatic nitrogens is 1. The van der Waals surface area contributed by atoms with E-state index in [4.69, 9.17) is 25.6 Å².